The van der Waals surface area contributed by atoms with Gasteiger partial charge in [-0.05, 0) is 12.3 Å². The molecule has 0 spiro atoms. The average Bonchev–Trinajstić information content (AvgIpc) is 2.55. The van der Waals surface area contributed by atoms with Gasteiger partial charge in [0.1, 0.15) is 0 Å². The van der Waals surface area contributed by atoms with Crippen LogP contribution in [-0.4, -0.2) is 15.3 Å². The highest BCUT2D eigenvalue weighted by Gasteiger charge is 2.07. The van der Waals surface area contributed by atoms with Crippen molar-refractivity contribution >= 4 is 0 Å². The fraction of sp³-hybridized carbons (Fsp3) is 0.700. The average molecular weight is 182 g/mol. The van der Waals surface area contributed by atoms with Gasteiger partial charge < -0.3 is 5.11 Å². The van der Waals surface area contributed by atoms with Crippen molar-refractivity contribution in [3.63, 3.8) is 0 Å². The van der Waals surface area contributed by atoms with Crippen LogP contribution in [0.25, 0.3) is 0 Å². The maximum absolute atomic E-state index is 9.66. The minimum atomic E-state index is -0.350. The zero-order valence-electron chi connectivity index (χ0n) is 8.33. The van der Waals surface area contributed by atoms with E-state index in [-0.39, 0.29) is 6.10 Å². The molecule has 1 aromatic heterocycles. The van der Waals surface area contributed by atoms with Gasteiger partial charge >= 0.3 is 0 Å². The minimum Gasteiger partial charge on any atom is -0.388 e. The van der Waals surface area contributed by atoms with Gasteiger partial charge in [0.2, 0.25) is 0 Å². The summed E-state index contributed by atoms with van der Waals surface area (Å²) in [5.74, 6) is 0.719. The standard InChI is InChI=1S/C10H18N2O/c1-8(2)4-3-5-10(13)9-6-11-12-7-9/h6-8,10,13H,3-5H2,1-2H3,(H,11,12). The topological polar surface area (TPSA) is 48.9 Å². The molecule has 74 valence electrons. The quantitative estimate of drug-likeness (QED) is 0.733. The SMILES string of the molecule is CC(C)CCCC(O)c1cn[nH]c1. The lowest BCUT2D eigenvalue weighted by molar-refractivity contribution is 0.162. The zero-order chi connectivity index (χ0) is 9.68. The Bertz CT molecular complexity index is 219. The van der Waals surface area contributed by atoms with E-state index in [4.69, 9.17) is 0 Å². The molecular weight excluding hydrogens is 164 g/mol. The van der Waals surface area contributed by atoms with Crippen LogP contribution in [0.3, 0.4) is 0 Å². The van der Waals surface area contributed by atoms with Gasteiger partial charge in [0, 0.05) is 11.8 Å². The predicted molar refractivity (Wildman–Crippen MR) is 52.2 cm³/mol. The molecule has 2 N–H and O–H groups in total. The maximum atomic E-state index is 9.66. The first kappa shape index (κ1) is 10.3. The molecular formula is C10H18N2O. The predicted octanol–water partition coefficient (Wildman–Crippen LogP) is 2.27. The summed E-state index contributed by atoms with van der Waals surface area (Å²) in [6, 6.07) is 0. The van der Waals surface area contributed by atoms with Crippen molar-refractivity contribution < 1.29 is 5.11 Å². The summed E-state index contributed by atoms with van der Waals surface area (Å²) >= 11 is 0. The van der Waals surface area contributed by atoms with Crippen LogP contribution >= 0.6 is 0 Å². The molecule has 1 unspecified atom stereocenters. The van der Waals surface area contributed by atoms with Gasteiger partial charge in [0.05, 0.1) is 12.3 Å². The van der Waals surface area contributed by atoms with E-state index in [0.29, 0.717) is 0 Å². The number of aliphatic hydroxyl groups is 1. The first-order valence-electron chi connectivity index (χ1n) is 4.87. The maximum Gasteiger partial charge on any atom is 0.0820 e. The number of hydrogen-bond donors (Lipinski definition) is 2. The van der Waals surface area contributed by atoms with Gasteiger partial charge in [-0.1, -0.05) is 26.7 Å². The minimum absolute atomic E-state index is 0.350. The third-order valence-corrected chi connectivity index (χ3v) is 2.16. The lowest BCUT2D eigenvalue weighted by atomic mass is 10.0. The van der Waals surface area contributed by atoms with Gasteiger partial charge in [-0.2, -0.15) is 5.10 Å². The van der Waals surface area contributed by atoms with Crippen LogP contribution < -0.4 is 0 Å². The van der Waals surface area contributed by atoms with Crippen LogP contribution in [0, 0.1) is 5.92 Å². The summed E-state index contributed by atoms with van der Waals surface area (Å²) in [4.78, 5) is 0. The van der Waals surface area contributed by atoms with E-state index < -0.39 is 0 Å². The van der Waals surface area contributed by atoms with E-state index in [1.54, 1.807) is 12.4 Å². The molecule has 0 fully saturated rings. The van der Waals surface area contributed by atoms with Crippen molar-refractivity contribution in [2.75, 3.05) is 0 Å². The Morgan fingerprint density at radius 2 is 2.23 bits per heavy atom. The summed E-state index contributed by atoms with van der Waals surface area (Å²) in [5, 5.41) is 16.2. The molecule has 0 radical (unpaired) electrons. The van der Waals surface area contributed by atoms with Crippen LogP contribution in [0.5, 0.6) is 0 Å². The summed E-state index contributed by atoms with van der Waals surface area (Å²) < 4.78 is 0. The summed E-state index contributed by atoms with van der Waals surface area (Å²) in [7, 11) is 0. The summed E-state index contributed by atoms with van der Waals surface area (Å²) in [6.07, 6.45) is 6.16. The monoisotopic (exact) mass is 182 g/mol. The van der Waals surface area contributed by atoms with Crippen molar-refractivity contribution in [1.29, 1.82) is 0 Å². The number of rotatable bonds is 5. The molecule has 0 bridgehead atoms. The summed E-state index contributed by atoms with van der Waals surface area (Å²) in [6.45, 7) is 4.40. The molecule has 0 saturated carbocycles. The number of aromatic amines is 1. The van der Waals surface area contributed by atoms with Crippen molar-refractivity contribution in [3.8, 4) is 0 Å². The van der Waals surface area contributed by atoms with Crippen molar-refractivity contribution in [2.24, 2.45) is 5.92 Å². The van der Waals surface area contributed by atoms with Gasteiger partial charge in [0.15, 0.2) is 0 Å². The molecule has 0 aliphatic heterocycles. The highest BCUT2D eigenvalue weighted by molar-refractivity contribution is 5.06. The molecule has 3 nitrogen and oxygen atoms in total. The lowest BCUT2D eigenvalue weighted by Gasteiger charge is -2.08. The van der Waals surface area contributed by atoms with E-state index in [9.17, 15) is 5.11 Å². The Kier molecular flexibility index (Phi) is 3.96. The van der Waals surface area contributed by atoms with E-state index in [1.165, 1.54) is 6.42 Å². The van der Waals surface area contributed by atoms with Gasteiger partial charge in [-0.3, -0.25) is 5.10 Å². The molecule has 0 saturated heterocycles. The molecule has 1 aromatic rings. The second-order valence-corrected chi connectivity index (χ2v) is 3.87. The van der Waals surface area contributed by atoms with Crippen molar-refractivity contribution in [3.05, 3.63) is 18.0 Å². The molecule has 0 amide bonds. The molecule has 1 rings (SSSR count). The largest absolute Gasteiger partial charge is 0.388 e. The Labute approximate surface area is 79.2 Å². The van der Waals surface area contributed by atoms with E-state index in [0.717, 1.165) is 24.3 Å². The normalized spacial score (nSPS) is 13.5. The summed E-state index contributed by atoms with van der Waals surface area (Å²) in [5.41, 5.74) is 0.892. The van der Waals surface area contributed by atoms with Crippen LogP contribution in [0.4, 0.5) is 0 Å². The number of aromatic nitrogens is 2. The second kappa shape index (κ2) is 5.02. The molecule has 13 heavy (non-hydrogen) atoms. The third kappa shape index (κ3) is 3.59. The highest BCUT2D eigenvalue weighted by Crippen LogP contribution is 2.19. The first-order valence-corrected chi connectivity index (χ1v) is 4.87. The van der Waals surface area contributed by atoms with Crippen LogP contribution in [0.15, 0.2) is 12.4 Å². The Morgan fingerprint density at radius 1 is 1.46 bits per heavy atom. The van der Waals surface area contributed by atoms with E-state index in [1.807, 2.05) is 0 Å². The smallest absolute Gasteiger partial charge is 0.0820 e. The highest BCUT2D eigenvalue weighted by atomic mass is 16.3. The van der Waals surface area contributed by atoms with Gasteiger partial charge in [-0.25, -0.2) is 0 Å². The van der Waals surface area contributed by atoms with Crippen molar-refractivity contribution in [2.45, 2.75) is 39.2 Å². The van der Waals surface area contributed by atoms with Gasteiger partial charge in [0.25, 0.3) is 0 Å². The molecule has 0 aliphatic carbocycles. The number of nitrogens with one attached hydrogen (secondary N) is 1. The lowest BCUT2D eigenvalue weighted by Crippen LogP contribution is -1.97. The number of hydrogen-bond acceptors (Lipinski definition) is 2. The molecule has 1 atom stereocenters. The molecule has 0 aliphatic rings. The third-order valence-electron chi connectivity index (χ3n) is 2.16. The van der Waals surface area contributed by atoms with E-state index in [2.05, 4.69) is 24.0 Å². The fourth-order valence-electron chi connectivity index (χ4n) is 1.33. The number of aliphatic hydroxyl groups excluding tert-OH is 1. The van der Waals surface area contributed by atoms with Crippen LogP contribution in [0.2, 0.25) is 0 Å². The fourth-order valence-corrected chi connectivity index (χ4v) is 1.33. The number of H-pyrrole nitrogens is 1. The van der Waals surface area contributed by atoms with Crippen LogP contribution in [0.1, 0.15) is 44.8 Å². The Balaban J connectivity index is 2.22. The second-order valence-electron chi connectivity index (χ2n) is 3.87. The first-order chi connectivity index (χ1) is 6.20. The van der Waals surface area contributed by atoms with Crippen LogP contribution in [-0.2, 0) is 0 Å². The number of nitrogens with zero attached hydrogens (tertiary/aromatic N) is 1. The Morgan fingerprint density at radius 3 is 2.77 bits per heavy atom. The molecule has 1 heterocycles. The van der Waals surface area contributed by atoms with E-state index >= 15 is 0 Å². The zero-order valence-corrected chi connectivity index (χ0v) is 8.33. The molecule has 3 heteroatoms. The Hall–Kier alpha value is -0.830. The van der Waals surface area contributed by atoms with Gasteiger partial charge in [-0.15, -0.1) is 0 Å². The van der Waals surface area contributed by atoms with Crippen molar-refractivity contribution in [1.82, 2.24) is 10.2 Å². The molecule has 0 aromatic carbocycles.